The van der Waals surface area contributed by atoms with Crippen molar-refractivity contribution in [2.75, 3.05) is 19.6 Å². The number of hydrogen-bond acceptors (Lipinski definition) is 3. The van der Waals surface area contributed by atoms with Crippen LogP contribution in [0.15, 0.2) is 33.6 Å². The van der Waals surface area contributed by atoms with Crippen LogP contribution >= 0.6 is 40.1 Å². The molecule has 0 aliphatic carbocycles. The van der Waals surface area contributed by atoms with Gasteiger partial charge < -0.3 is 10.2 Å². The van der Waals surface area contributed by atoms with Gasteiger partial charge in [0, 0.05) is 35.0 Å². The Hall–Kier alpha value is -0.230. The van der Waals surface area contributed by atoms with E-state index < -0.39 is 0 Å². The normalized spacial score (nSPS) is 20.1. The maximum Gasteiger partial charge on any atom is 0.235 e. The SMILES string of the molecule is CC1CN(C(=O)C(C)Sc2ccc(Br)cc2)CCN1.Cl. The number of rotatable bonds is 3. The summed E-state index contributed by atoms with van der Waals surface area (Å²) in [4.78, 5) is 15.5. The molecule has 2 rings (SSSR count). The van der Waals surface area contributed by atoms with Crippen LogP contribution in [-0.4, -0.2) is 41.7 Å². The highest BCUT2D eigenvalue weighted by Gasteiger charge is 2.25. The summed E-state index contributed by atoms with van der Waals surface area (Å²) >= 11 is 5.04. The van der Waals surface area contributed by atoms with E-state index in [1.54, 1.807) is 11.8 Å². The summed E-state index contributed by atoms with van der Waals surface area (Å²) in [5, 5.41) is 3.32. The zero-order valence-electron chi connectivity index (χ0n) is 11.6. The van der Waals surface area contributed by atoms with Gasteiger partial charge in [0.15, 0.2) is 0 Å². The van der Waals surface area contributed by atoms with Crippen molar-refractivity contribution in [2.24, 2.45) is 0 Å². The lowest BCUT2D eigenvalue weighted by Crippen LogP contribution is -2.53. The molecule has 0 bridgehead atoms. The summed E-state index contributed by atoms with van der Waals surface area (Å²) < 4.78 is 1.06. The van der Waals surface area contributed by atoms with Gasteiger partial charge in [0.05, 0.1) is 5.25 Å². The predicted octanol–water partition coefficient (Wildman–Crippen LogP) is 3.17. The van der Waals surface area contributed by atoms with E-state index >= 15 is 0 Å². The fourth-order valence-electron chi connectivity index (χ4n) is 2.16. The molecule has 1 aliphatic heterocycles. The van der Waals surface area contributed by atoms with Gasteiger partial charge >= 0.3 is 0 Å². The third-order valence-electron chi connectivity index (χ3n) is 3.15. The summed E-state index contributed by atoms with van der Waals surface area (Å²) in [7, 11) is 0. The maximum atomic E-state index is 12.4. The van der Waals surface area contributed by atoms with E-state index in [0.717, 1.165) is 29.0 Å². The molecule has 0 spiro atoms. The Bertz CT molecular complexity index is 443. The molecule has 1 saturated heterocycles. The van der Waals surface area contributed by atoms with Crippen molar-refractivity contribution in [1.82, 2.24) is 10.2 Å². The van der Waals surface area contributed by atoms with Gasteiger partial charge in [-0.2, -0.15) is 0 Å². The van der Waals surface area contributed by atoms with Gasteiger partial charge in [-0.05, 0) is 38.1 Å². The molecule has 1 aliphatic rings. The number of nitrogens with zero attached hydrogens (tertiary/aromatic N) is 1. The molecule has 1 fully saturated rings. The number of amides is 1. The fourth-order valence-corrected chi connectivity index (χ4v) is 3.37. The smallest absolute Gasteiger partial charge is 0.235 e. The van der Waals surface area contributed by atoms with Gasteiger partial charge in [-0.3, -0.25) is 4.79 Å². The first-order valence-electron chi connectivity index (χ1n) is 6.50. The van der Waals surface area contributed by atoms with E-state index in [1.807, 2.05) is 36.1 Å². The van der Waals surface area contributed by atoms with Crippen LogP contribution in [0.5, 0.6) is 0 Å². The van der Waals surface area contributed by atoms with E-state index in [1.165, 1.54) is 0 Å². The Morgan fingerprint density at radius 1 is 1.45 bits per heavy atom. The largest absolute Gasteiger partial charge is 0.339 e. The van der Waals surface area contributed by atoms with E-state index in [-0.39, 0.29) is 23.6 Å². The number of hydrogen-bond donors (Lipinski definition) is 1. The minimum atomic E-state index is -0.0357. The van der Waals surface area contributed by atoms with Crippen LogP contribution in [0.25, 0.3) is 0 Å². The van der Waals surface area contributed by atoms with Crippen molar-refractivity contribution in [3.63, 3.8) is 0 Å². The average Bonchev–Trinajstić information content (AvgIpc) is 2.40. The fraction of sp³-hybridized carbons (Fsp3) is 0.500. The van der Waals surface area contributed by atoms with Gasteiger partial charge in [0.2, 0.25) is 5.91 Å². The van der Waals surface area contributed by atoms with Crippen LogP contribution in [0, 0.1) is 0 Å². The van der Waals surface area contributed by atoms with Gasteiger partial charge in [-0.15, -0.1) is 24.2 Å². The average molecular weight is 380 g/mol. The lowest BCUT2D eigenvalue weighted by Gasteiger charge is -2.33. The molecule has 20 heavy (non-hydrogen) atoms. The molecular weight excluding hydrogens is 360 g/mol. The molecule has 0 radical (unpaired) electrons. The number of thioether (sulfide) groups is 1. The number of piperazine rings is 1. The van der Waals surface area contributed by atoms with E-state index in [9.17, 15) is 4.79 Å². The summed E-state index contributed by atoms with van der Waals surface area (Å²) in [5.74, 6) is 0.237. The Morgan fingerprint density at radius 3 is 2.70 bits per heavy atom. The molecule has 1 amide bonds. The van der Waals surface area contributed by atoms with E-state index in [4.69, 9.17) is 0 Å². The Labute approximate surface area is 139 Å². The van der Waals surface area contributed by atoms with Crippen molar-refractivity contribution in [3.8, 4) is 0 Å². The second-order valence-electron chi connectivity index (χ2n) is 4.85. The molecule has 112 valence electrons. The Kier molecular flexibility index (Phi) is 7.37. The molecule has 1 heterocycles. The van der Waals surface area contributed by atoms with E-state index in [2.05, 4.69) is 28.2 Å². The number of halogens is 2. The first-order chi connectivity index (χ1) is 9.06. The molecule has 0 aromatic heterocycles. The van der Waals surface area contributed by atoms with Crippen LogP contribution in [0.4, 0.5) is 0 Å². The van der Waals surface area contributed by atoms with Gasteiger partial charge in [0.1, 0.15) is 0 Å². The van der Waals surface area contributed by atoms with Crippen molar-refractivity contribution in [3.05, 3.63) is 28.7 Å². The number of carbonyl (C=O) groups is 1. The van der Waals surface area contributed by atoms with Crippen LogP contribution in [0.2, 0.25) is 0 Å². The maximum absolute atomic E-state index is 12.4. The minimum absolute atomic E-state index is 0. The Balaban J connectivity index is 0.00000200. The number of carbonyl (C=O) groups excluding carboxylic acids is 1. The Morgan fingerprint density at radius 2 is 2.10 bits per heavy atom. The van der Waals surface area contributed by atoms with Crippen LogP contribution < -0.4 is 5.32 Å². The van der Waals surface area contributed by atoms with Gasteiger partial charge in [-0.1, -0.05) is 15.9 Å². The molecule has 2 atom stereocenters. The molecule has 2 unspecified atom stereocenters. The number of nitrogens with one attached hydrogen (secondary N) is 1. The summed E-state index contributed by atoms with van der Waals surface area (Å²) in [6.07, 6.45) is 0. The van der Waals surface area contributed by atoms with E-state index in [0.29, 0.717) is 6.04 Å². The highest BCUT2D eigenvalue weighted by molar-refractivity contribution is 9.10. The minimum Gasteiger partial charge on any atom is -0.339 e. The molecule has 0 saturated carbocycles. The highest BCUT2D eigenvalue weighted by Crippen LogP contribution is 2.26. The first kappa shape index (κ1) is 17.8. The highest BCUT2D eigenvalue weighted by atomic mass is 79.9. The first-order valence-corrected chi connectivity index (χ1v) is 8.18. The van der Waals surface area contributed by atoms with Gasteiger partial charge in [0.25, 0.3) is 0 Å². The lowest BCUT2D eigenvalue weighted by molar-refractivity contribution is -0.131. The monoisotopic (exact) mass is 378 g/mol. The molecule has 3 nitrogen and oxygen atoms in total. The lowest BCUT2D eigenvalue weighted by atomic mass is 10.2. The van der Waals surface area contributed by atoms with Crippen LogP contribution in [0.1, 0.15) is 13.8 Å². The molecule has 6 heteroatoms. The molecule has 1 aromatic carbocycles. The van der Waals surface area contributed by atoms with Crippen LogP contribution in [0.3, 0.4) is 0 Å². The third-order valence-corrected chi connectivity index (χ3v) is 4.78. The summed E-state index contributed by atoms with van der Waals surface area (Å²) in [5.41, 5.74) is 0. The number of benzene rings is 1. The van der Waals surface area contributed by atoms with Gasteiger partial charge in [-0.25, -0.2) is 0 Å². The molecule has 1 aromatic rings. The third kappa shape index (κ3) is 4.95. The van der Waals surface area contributed by atoms with Crippen molar-refractivity contribution in [1.29, 1.82) is 0 Å². The zero-order valence-corrected chi connectivity index (χ0v) is 14.9. The molecule has 1 N–H and O–H groups in total. The second-order valence-corrected chi connectivity index (χ2v) is 7.18. The van der Waals surface area contributed by atoms with Crippen molar-refractivity contribution < 1.29 is 4.79 Å². The zero-order chi connectivity index (χ0) is 13.8. The summed E-state index contributed by atoms with van der Waals surface area (Å²) in [6.45, 7) is 6.62. The molecular formula is C14H20BrClN2OS. The quantitative estimate of drug-likeness (QED) is 0.819. The van der Waals surface area contributed by atoms with Crippen LogP contribution in [-0.2, 0) is 4.79 Å². The second kappa shape index (κ2) is 8.27. The predicted molar refractivity (Wildman–Crippen MR) is 90.8 cm³/mol. The topological polar surface area (TPSA) is 32.3 Å². The standard InChI is InChI=1S/C14H19BrN2OS.ClH/c1-10-9-17(8-7-16-10)14(18)11(2)19-13-5-3-12(15)4-6-13;/h3-6,10-11,16H,7-9H2,1-2H3;1H. The van der Waals surface area contributed by atoms with Crippen molar-refractivity contribution >= 4 is 46.0 Å². The van der Waals surface area contributed by atoms with Crippen molar-refractivity contribution in [2.45, 2.75) is 30.0 Å². The summed E-state index contributed by atoms with van der Waals surface area (Å²) in [6, 6.07) is 8.49.